The summed E-state index contributed by atoms with van der Waals surface area (Å²) in [5.74, 6) is -0.595. The molecule has 0 radical (unpaired) electrons. The minimum atomic E-state index is -0.850. The molecule has 0 spiro atoms. The zero-order chi connectivity index (χ0) is 20.2. The van der Waals surface area contributed by atoms with Gasteiger partial charge in [-0.1, -0.05) is 20.3 Å². The molecule has 0 aliphatic carbocycles. The molecule has 0 aliphatic rings. The molecule has 160 valence electrons. The van der Waals surface area contributed by atoms with Crippen LogP contribution in [-0.4, -0.2) is 76.5 Å². The number of hydrogen-bond donors (Lipinski definition) is 1. The van der Waals surface area contributed by atoms with Gasteiger partial charge in [-0.3, -0.25) is 9.59 Å². The maximum Gasteiger partial charge on any atom is 0.305 e. The molecule has 0 amide bonds. The lowest BCUT2D eigenvalue weighted by atomic mass is 10.1. The number of carboxylic acids is 1. The van der Waals surface area contributed by atoms with E-state index in [9.17, 15) is 9.59 Å². The number of esters is 1. The smallest absolute Gasteiger partial charge is 0.305 e. The number of carbonyl (C=O) groups is 2. The highest BCUT2D eigenvalue weighted by atomic mass is 16.6. The largest absolute Gasteiger partial charge is 0.481 e. The lowest BCUT2D eigenvalue weighted by molar-refractivity contribution is -0.146. The van der Waals surface area contributed by atoms with E-state index in [1.807, 2.05) is 0 Å². The minimum absolute atomic E-state index is 0.0768. The van der Waals surface area contributed by atoms with Gasteiger partial charge in [-0.25, -0.2) is 0 Å². The predicted octanol–water partition coefficient (Wildman–Crippen LogP) is 2.29. The van der Waals surface area contributed by atoms with Crippen LogP contribution in [0, 0.1) is 5.92 Å². The van der Waals surface area contributed by atoms with Crippen LogP contribution in [0.15, 0.2) is 0 Å². The minimum Gasteiger partial charge on any atom is -0.481 e. The Bertz CT molecular complexity index is 362. The summed E-state index contributed by atoms with van der Waals surface area (Å²) >= 11 is 0. The van der Waals surface area contributed by atoms with Crippen molar-refractivity contribution in [1.29, 1.82) is 0 Å². The zero-order valence-corrected chi connectivity index (χ0v) is 16.8. The van der Waals surface area contributed by atoms with Crippen molar-refractivity contribution in [3.05, 3.63) is 0 Å². The number of unbranched alkanes of at least 4 members (excludes halogenated alkanes) is 1. The van der Waals surface area contributed by atoms with E-state index in [2.05, 4.69) is 13.8 Å². The van der Waals surface area contributed by atoms with Gasteiger partial charge >= 0.3 is 11.9 Å². The lowest BCUT2D eigenvalue weighted by Gasteiger charge is -2.10. The van der Waals surface area contributed by atoms with E-state index in [0.29, 0.717) is 65.0 Å². The highest BCUT2D eigenvalue weighted by Crippen LogP contribution is 2.01. The van der Waals surface area contributed by atoms with Gasteiger partial charge < -0.3 is 28.8 Å². The molecule has 0 saturated carbocycles. The second-order valence-corrected chi connectivity index (χ2v) is 6.25. The molecule has 0 aromatic carbocycles. The van der Waals surface area contributed by atoms with Crippen LogP contribution in [0.1, 0.15) is 46.0 Å². The quantitative estimate of drug-likeness (QED) is 0.249. The molecule has 1 N–H and O–H groups in total. The zero-order valence-electron chi connectivity index (χ0n) is 16.8. The van der Waals surface area contributed by atoms with Crippen LogP contribution in [-0.2, 0) is 33.3 Å². The van der Waals surface area contributed by atoms with Crippen molar-refractivity contribution in [3.63, 3.8) is 0 Å². The van der Waals surface area contributed by atoms with Crippen molar-refractivity contribution in [2.75, 3.05) is 59.5 Å². The van der Waals surface area contributed by atoms with Crippen LogP contribution in [0.25, 0.3) is 0 Å². The first-order valence-electron chi connectivity index (χ1n) is 9.74. The third-order valence-electron chi connectivity index (χ3n) is 3.73. The standard InChI is InChI=1S/C19H36O8/c1-3-17(2)16-26-13-12-24-9-8-23-10-11-25-14-15-27-19(22)7-5-4-6-18(20)21/h17H,3-16H2,1-2H3,(H,20,21). The molecule has 1 unspecified atom stereocenters. The first-order chi connectivity index (χ1) is 13.1. The van der Waals surface area contributed by atoms with Crippen molar-refractivity contribution in [3.8, 4) is 0 Å². The first kappa shape index (κ1) is 25.8. The molecule has 0 aliphatic heterocycles. The van der Waals surface area contributed by atoms with E-state index in [1.54, 1.807) is 0 Å². The summed E-state index contributed by atoms with van der Waals surface area (Å²) in [6, 6.07) is 0. The van der Waals surface area contributed by atoms with Crippen molar-refractivity contribution >= 4 is 11.9 Å². The van der Waals surface area contributed by atoms with Gasteiger partial charge in [0.25, 0.3) is 0 Å². The van der Waals surface area contributed by atoms with E-state index in [1.165, 1.54) is 0 Å². The SMILES string of the molecule is CCC(C)COCCOCCOCCOCCOC(=O)CCCCC(=O)O. The second-order valence-electron chi connectivity index (χ2n) is 6.25. The lowest BCUT2D eigenvalue weighted by Crippen LogP contribution is -2.15. The molecule has 1 atom stereocenters. The molecule has 0 aromatic rings. The van der Waals surface area contributed by atoms with Gasteiger partial charge in [0, 0.05) is 19.4 Å². The summed E-state index contributed by atoms with van der Waals surface area (Å²) in [6.45, 7) is 8.65. The van der Waals surface area contributed by atoms with Gasteiger partial charge in [-0.15, -0.1) is 0 Å². The third-order valence-corrected chi connectivity index (χ3v) is 3.73. The predicted molar refractivity (Wildman–Crippen MR) is 99.8 cm³/mol. The second kappa shape index (κ2) is 19.5. The van der Waals surface area contributed by atoms with E-state index >= 15 is 0 Å². The molecule has 8 nitrogen and oxygen atoms in total. The van der Waals surface area contributed by atoms with E-state index < -0.39 is 5.97 Å². The molecular weight excluding hydrogens is 356 g/mol. The van der Waals surface area contributed by atoms with Crippen LogP contribution >= 0.6 is 0 Å². The Labute approximate surface area is 162 Å². The maximum atomic E-state index is 11.4. The Hall–Kier alpha value is -1.22. The van der Waals surface area contributed by atoms with Crippen LogP contribution in [0.3, 0.4) is 0 Å². The molecule has 8 heteroatoms. The van der Waals surface area contributed by atoms with Gasteiger partial charge in [0.2, 0.25) is 0 Å². The van der Waals surface area contributed by atoms with Crippen LogP contribution in [0.4, 0.5) is 0 Å². The first-order valence-corrected chi connectivity index (χ1v) is 9.74. The Morgan fingerprint density at radius 2 is 1.26 bits per heavy atom. The number of carboxylic acid groups (broad SMARTS) is 1. The van der Waals surface area contributed by atoms with Crippen molar-refractivity contribution in [2.24, 2.45) is 5.92 Å². The summed E-state index contributed by atoms with van der Waals surface area (Å²) in [7, 11) is 0. The van der Waals surface area contributed by atoms with E-state index in [4.69, 9.17) is 28.8 Å². The summed E-state index contributed by atoms with van der Waals surface area (Å²) in [6.07, 6.45) is 2.43. The van der Waals surface area contributed by atoms with Crippen LogP contribution < -0.4 is 0 Å². The van der Waals surface area contributed by atoms with Gasteiger partial charge in [0.15, 0.2) is 0 Å². The molecular formula is C19H36O8. The van der Waals surface area contributed by atoms with E-state index in [0.717, 1.165) is 13.0 Å². The third kappa shape index (κ3) is 20.9. The highest BCUT2D eigenvalue weighted by Gasteiger charge is 2.04. The summed E-state index contributed by atoms with van der Waals surface area (Å²) in [5, 5.41) is 8.48. The fourth-order valence-corrected chi connectivity index (χ4v) is 1.89. The fourth-order valence-electron chi connectivity index (χ4n) is 1.89. The van der Waals surface area contributed by atoms with E-state index in [-0.39, 0.29) is 25.4 Å². The van der Waals surface area contributed by atoms with Crippen molar-refractivity contribution in [1.82, 2.24) is 0 Å². The molecule has 0 bridgehead atoms. The van der Waals surface area contributed by atoms with Crippen molar-refractivity contribution in [2.45, 2.75) is 46.0 Å². The normalized spacial score (nSPS) is 12.1. The number of hydrogen-bond acceptors (Lipinski definition) is 7. The number of aliphatic carboxylic acids is 1. The average molecular weight is 392 g/mol. The molecule has 0 heterocycles. The number of carbonyl (C=O) groups excluding carboxylic acids is 1. The monoisotopic (exact) mass is 392 g/mol. The molecule has 0 saturated heterocycles. The Balaban J connectivity index is 3.16. The average Bonchev–Trinajstić information content (AvgIpc) is 2.65. The Morgan fingerprint density at radius 1 is 0.778 bits per heavy atom. The maximum absolute atomic E-state index is 11.4. The summed E-state index contributed by atoms with van der Waals surface area (Å²) in [5.41, 5.74) is 0. The van der Waals surface area contributed by atoms with Crippen molar-refractivity contribution < 1.29 is 38.4 Å². The Kier molecular flexibility index (Phi) is 18.7. The van der Waals surface area contributed by atoms with Crippen LogP contribution in [0.5, 0.6) is 0 Å². The fraction of sp³-hybridized carbons (Fsp3) is 0.895. The van der Waals surface area contributed by atoms with Gasteiger partial charge in [0.05, 0.1) is 46.2 Å². The number of rotatable bonds is 20. The van der Waals surface area contributed by atoms with Gasteiger partial charge in [-0.2, -0.15) is 0 Å². The summed E-state index contributed by atoms with van der Waals surface area (Å²) in [4.78, 5) is 21.7. The van der Waals surface area contributed by atoms with Gasteiger partial charge in [-0.05, 0) is 18.8 Å². The Morgan fingerprint density at radius 3 is 1.78 bits per heavy atom. The van der Waals surface area contributed by atoms with Gasteiger partial charge in [0.1, 0.15) is 6.61 Å². The molecule has 27 heavy (non-hydrogen) atoms. The highest BCUT2D eigenvalue weighted by molar-refractivity contribution is 5.69. The van der Waals surface area contributed by atoms with Crippen LogP contribution in [0.2, 0.25) is 0 Å². The molecule has 0 fully saturated rings. The molecule has 0 rings (SSSR count). The number of ether oxygens (including phenoxy) is 5. The molecule has 0 aromatic heterocycles. The topological polar surface area (TPSA) is 101 Å². The summed E-state index contributed by atoms with van der Waals surface area (Å²) < 4.78 is 26.5.